The van der Waals surface area contributed by atoms with Gasteiger partial charge in [-0.05, 0) is 74.5 Å². The summed E-state index contributed by atoms with van der Waals surface area (Å²) in [5.74, 6) is 1.33. The number of benzene rings is 2. The molecule has 0 bridgehead atoms. The van der Waals surface area contributed by atoms with Crippen molar-refractivity contribution in [3.8, 4) is 5.75 Å². The topological polar surface area (TPSA) is 73.3 Å². The number of rotatable bonds is 4. The van der Waals surface area contributed by atoms with E-state index >= 15 is 0 Å². The largest absolute Gasteiger partial charge is 0.508 e. The third kappa shape index (κ3) is 4.17. The molecule has 2 fully saturated rings. The molecule has 0 amide bonds. The number of hydrogen-bond donors (Lipinski definition) is 3. The Bertz CT molecular complexity index is 1050. The summed E-state index contributed by atoms with van der Waals surface area (Å²) in [5.41, 5.74) is 5.11. The third-order valence-corrected chi connectivity index (χ3v) is 6.69. The van der Waals surface area contributed by atoms with Gasteiger partial charge in [-0.3, -0.25) is 0 Å². The number of anilines is 3. The number of aromatic nitrogens is 2. The molecule has 1 saturated heterocycles. The molecular formula is C25H31N5O. The highest BCUT2D eigenvalue weighted by molar-refractivity contribution is 5.88. The minimum atomic E-state index is 0.373. The zero-order valence-electron chi connectivity index (χ0n) is 18.2. The molecule has 1 aliphatic heterocycles. The monoisotopic (exact) mass is 417 g/mol. The van der Waals surface area contributed by atoms with Crippen molar-refractivity contribution in [2.45, 2.75) is 44.9 Å². The lowest BCUT2D eigenvalue weighted by molar-refractivity contribution is 0.462. The van der Waals surface area contributed by atoms with Crippen LogP contribution in [0.1, 0.15) is 49.1 Å². The molecule has 2 aliphatic rings. The van der Waals surface area contributed by atoms with Crippen molar-refractivity contribution in [2.75, 3.05) is 36.4 Å². The third-order valence-electron chi connectivity index (χ3n) is 6.69. The zero-order valence-corrected chi connectivity index (χ0v) is 18.2. The van der Waals surface area contributed by atoms with Crippen LogP contribution in [-0.4, -0.2) is 41.3 Å². The lowest BCUT2D eigenvalue weighted by Gasteiger charge is -2.22. The van der Waals surface area contributed by atoms with Crippen LogP contribution in [0.2, 0.25) is 0 Å². The smallest absolute Gasteiger partial charge is 0.227 e. The van der Waals surface area contributed by atoms with Crippen LogP contribution in [0, 0.1) is 6.92 Å². The lowest BCUT2D eigenvalue weighted by Crippen LogP contribution is -2.27. The molecule has 1 saturated carbocycles. The summed E-state index contributed by atoms with van der Waals surface area (Å²) in [5, 5.41) is 18.5. The van der Waals surface area contributed by atoms with Crippen molar-refractivity contribution in [1.82, 2.24) is 15.3 Å². The summed E-state index contributed by atoms with van der Waals surface area (Å²) in [4.78, 5) is 11.8. The maximum absolute atomic E-state index is 10.7. The molecule has 31 heavy (non-hydrogen) atoms. The molecule has 5 rings (SSSR count). The Balaban J connectivity index is 1.42. The van der Waals surface area contributed by atoms with Crippen LogP contribution in [0.15, 0.2) is 36.5 Å². The van der Waals surface area contributed by atoms with Crippen LogP contribution in [0.3, 0.4) is 0 Å². The van der Waals surface area contributed by atoms with Crippen molar-refractivity contribution < 1.29 is 5.11 Å². The van der Waals surface area contributed by atoms with Crippen LogP contribution < -0.4 is 15.5 Å². The fourth-order valence-corrected chi connectivity index (χ4v) is 5.02. The Hall–Kier alpha value is -2.86. The van der Waals surface area contributed by atoms with E-state index in [1.54, 1.807) is 0 Å². The molecule has 0 radical (unpaired) electrons. The fourth-order valence-electron chi connectivity index (χ4n) is 5.02. The van der Waals surface area contributed by atoms with E-state index in [0.717, 1.165) is 66.7 Å². The zero-order chi connectivity index (χ0) is 21.2. The number of aryl methyl sites for hydroxylation is 1. The highest BCUT2D eigenvalue weighted by atomic mass is 16.3. The molecule has 6 heteroatoms. The molecule has 2 heterocycles. The second-order valence-electron chi connectivity index (χ2n) is 8.83. The Morgan fingerprint density at radius 1 is 1.06 bits per heavy atom. The fraction of sp³-hybridized carbons (Fsp3) is 0.440. The van der Waals surface area contributed by atoms with E-state index in [0.29, 0.717) is 17.6 Å². The molecule has 6 nitrogen and oxygen atoms in total. The minimum Gasteiger partial charge on any atom is -0.508 e. The van der Waals surface area contributed by atoms with Gasteiger partial charge in [-0.2, -0.15) is 0 Å². The van der Waals surface area contributed by atoms with Gasteiger partial charge < -0.3 is 20.6 Å². The molecule has 0 spiro atoms. The molecule has 1 aromatic heterocycles. The predicted octanol–water partition coefficient (Wildman–Crippen LogP) is 4.84. The normalized spacial score (nSPS) is 17.8. The van der Waals surface area contributed by atoms with Gasteiger partial charge in [0.15, 0.2) is 0 Å². The summed E-state index contributed by atoms with van der Waals surface area (Å²) < 4.78 is 0. The number of hydrogen-bond acceptors (Lipinski definition) is 6. The highest BCUT2D eigenvalue weighted by Gasteiger charge is 2.24. The van der Waals surface area contributed by atoms with Gasteiger partial charge in [0.2, 0.25) is 5.95 Å². The second-order valence-corrected chi connectivity index (χ2v) is 8.83. The number of phenolic OH excluding ortho intramolecular Hbond substituents is 1. The van der Waals surface area contributed by atoms with Crippen LogP contribution in [0.5, 0.6) is 5.75 Å². The van der Waals surface area contributed by atoms with E-state index in [1.165, 1.54) is 24.9 Å². The van der Waals surface area contributed by atoms with Crippen LogP contribution in [0.4, 0.5) is 17.3 Å². The average molecular weight is 418 g/mol. The van der Waals surface area contributed by atoms with Gasteiger partial charge in [0.1, 0.15) is 5.75 Å². The summed E-state index contributed by atoms with van der Waals surface area (Å²) in [6.07, 6.45) is 7.72. The van der Waals surface area contributed by atoms with Crippen LogP contribution in [0.25, 0.3) is 10.9 Å². The summed E-state index contributed by atoms with van der Waals surface area (Å²) in [6, 6.07) is 10.4. The van der Waals surface area contributed by atoms with Crippen molar-refractivity contribution in [1.29, 1.82) is 0 Å². The van der Waals surface area contributed by atoms with E-state index in [2.05, 4.69) is 44.8 Å². The number of nitrogens with zero attached hydrogens (tertiary/aromatic N) is 3. The van der Waals surface area contributed by atoms with Gasteiger partial charge in [-0.25, -0.2) is 9.97 Å². The number of phenols is 1. The predicted molar refractivity (Wildman–Crippen MR) is 127 cm³/mol. The molecule has 2 aromatic carbocycles. The number of nitrogens with one attached hydrogen (secondary N) is 2. The van der Waals surface area contributed by atoms with Gasteiger partial charge in [-0.1, -0.05) is 12.8 Å². The Morgan fingerprint density at radius 3 is 2.68 bits per heavy atom. The first kappa shape index (κ1) is 20.1. The van der Waals surface area contributed by atoms with Gasteiger partial charge in [0, 0.05) is 48.2 Å². The van der Waals surface area contributed by atoms with Crippen molar-refractivity contribution in [3.05, 3.63) is 47.7 Å². The minimum absolute atomic E-state index is 0.373. The van der Waals surface area contributed by atoms with Crippen molar-refractivity contribution >= 4 is 28.2 Å². The summed E-state index contributed by atoms with van der Waals surface area (Å²) in [7, 11) is 0. The quantitative estimate of drug-likeness (QED) is 0.564. The van der Waals surface area contributed by atoms with E-state index in [9.17, 15) is 5.11 Å². The molecule has 162 valence electrons. The van der Waals surface area contributed by atoms with E-state index in [-0.39, 0.29) is 0 Å². The Labute approximate surface area is 183 Å². The Morgan fingerprint density at radius 2 is 1.87 bits per heavy atom. The van der Waals surface area contributed by atoms with Gasteiger partial charge in [-0.15, -0.1) is 0 Å². The van der Waals surface area contributed by atoms with Crippen molar-refractivity contribution in [3.63, 3.8) is 0 Å². The van der Waals surface area contributed by atoms with Crippen molar-refractivity contribution in [2.24, 2.45) is 0 Å². The lowest BCUT2D eigenvalue weighted by atomic mass is 9.92. The van der Waals surface area contributed by atoms with E-state index in [1.807, 2.05) is 19.2 Å². The van der Waals surface area contributed by atoms with Gasteiger partial charge >= 0.3 is 0 Å². The maximum Gasteiger partial charge on any atom is 0.227 e. The molecular weight excluding hydrogens is 386 g/mol. The van der Waals surface area contributed by atoms with Crippen LogP contribution >= 0.6 is 0 Å². The SMILES string of the molecule is Cc1cc(O)c(C2CCCC2)c2nc(Nc3ccc(N4CCCNCC4)cc3)ncc12. The first-order valence-corrected chi connectivity index (χ1v) is 11.5. The average Bonchev–Trinajstić information content (AvgIpc) is 3.15. The molecule has 0 unspecified atom stereocenters. The van der Waals surface area contributed by atoms with E-state index in [4.69, 9.17) is 4.98 Å². The van der Waals surface area contributed by atoms with E-state index < -0.39 is 0 Å². The second kappa shape index (κ2) is 8.71. The molecule has 3 N–H and O–H groups in total. The summed E-state index contributed by atoms with van der Waals surface area (Å²) >= 11 is 0. The van der Waals surface area contributed by atoms with Gasteiger partial charge in [0.05, 0.1) is 5.52 Å². The number of aromatic hydroxyl groups is 1. The Kier molecular flexibility index (Phi) is 5.64. The molecule has 3 aromatic rings. The van der Waals surface area contributed by atoms with Gasteiger partial charge in [0.25, 0.3) is 0 Å². The standard InChI is InChI=1S/C25H31N5O/c1-17-15-22(31)23(18-5-2-3-6-18)24-21(17)16-27-25(29-24)28-19-7-9-20(10-8-19)30-13-4-11-26-12-14-30/h7-10,15-16,18,26,31H,2-6,11-14H2,1H3,(H,27,28,29). The summed E-state index contributed by atoms with van der Waals surface area (Å²) in [6.45, 7) is 6.25. The molecule has 1 aliphatic carbocycles. The highest BCUT2D eigenvalue weighted by Crippen LogP contribution is 2.42. The molecule has 0 atom stereocenters. The first-order chi connectivity index (χ1) is 15.2. The number of fused-ring (bicyclic) bond motifs is 1. The van der Waals surface area contributed by atoms with Crippen LogP contribution in [-0.2, 0) is 0 Å². The first-order valence-electron chi connectivity index (χ1n) is 11.5. The maximum atomic E-state index is 10.7.